The number of hydrogen-bond acceptors (Lipinski definition) is 2. The molecule has 0 aliphatic rings. The van der Waals surface area contributed by atoms with Gasteiger partial charge in [0.15, 0.2) is 6.10 Å². The summed E-state index contributed by atoms with van der Waals surface area (Å²) in [6.45, 7) is 11.9. The third-order valence-electron chi connectivity index (χ3n) is 4.37. The van der Waals surface area contributed by atoms with Gasteiger partial charge in [0.25, 0.3) is 5.91 Å². The Bertz CT molecular complexity index is 719. The average molecular weight is 325 g/mol. The minimum absolute atomic E-state index is 0.0514. The van der Waals surface area contributed by atoms with Crippen molar-refractivity contribution in [3.8, 4) is 5.75 Å². The van der Waals surface area contributed by atoms with Gasteiger partial charge in [-0.1, -0.05) is 35.9 Å². The molecule has 0 unspecified atom stereocenters. The van der Waals surface area contributed by atoms with Crippen LogP contribution in [0.1, 0.15) is 47.7 Å². The molecule has 24 heavy (non-hydrogen) atoms. The Morgan fingerprint density at radius 2 is 1.58 bits per heavy atom. The van der Waals surface area contributed by atoms with E-state index in [1.165, 1.54) is 11.1 Å². The standard InChI is InChI=1S/C21H27NO2/c1-13-7-9-19(10-8-13)17(5)22-21(23)18(6)24-20-12-14(2)11-15(3)16(20)4/h7-12,17-18H,1-6H3,(H,22,23)/t17-,18-/m0/s1. The first-order valence-electron chi connectivity index (χ1n) is 8.39. The first-order chi connectivity index (χ1) is 11.3. The lowest BCUT2D eigenvalue weighted by molar-refractivity contribution is -0.127. The lowest BCUT2D eigenvalue weighted by Gasteiger charge is -2.20. The molecule has 2 rings (SSSR count). The largest absolute Gasteiger partial charge is 0.481 e. The third-order valence-corrected chi connectivity index (χ3v) is 4.37. The minimum Gasteiger partial charge on any atom is -0.481 e. The zero-order valence-electron chi connectivity index (χ0n) is 15.4. The molecule has 2 aromatic carbocycles. The molecule has 1 amide bonds. The number of ether oxygens (including phenoxy) is 1. The zero-order chi connectivity index (χ0) is 17.9. The molecule has 0 saturated carbocycles. The summed E-state index contributed by atoms with van der Waals surface area (Å²) in [6.07, 6.45) is -0.544. The van der Waals surface area contributed by atoms with Crippen molar-refractivity contribution < 1.29 is 9.53 Å². The fourth-order valence-corrected chi connectivity index (χ4v) is 2.64. The summed E-state index contributed by atoms with van der Waals surface area (Å²) in [5.41, 5.74) is 5.68. The molecule has 0 radical (unpaired) electrons. The van der Waals surface area contributed by atoms with Crippen LogP contribution >= 0.6 is 0 Å². The number of carbonyl (C=O) groups is 1. The monoisotopic (exact) mass is 325 g/mol. The van der Waals surface area contributed by atoms with Crippen molar-refractivity contribution in [3.05, 3.63) is 64.2 Å². The van der Waals surface area contributed by atoms with Crippen LogP contribution in [0.3, 0.4) is 0 Å². The Morgan fingerprint density at radius 1 is 0.958 bits per heavy atom. The van der Waals surface area contributed by atoms with Crippen LogP contribution in [0.4, 0.5) is 0 Å². The lowest BCUT2D eigenvalue weighted by atomic mass is 10.1. The molecule has 0 heterocycles. The predicted molar refractivity (Wildman–Crippen MR) is 98.5 cm³/mol. The van der Waals surface area contributed by atoms with Crippen molar-refractivity contribution in [2.75, 3.05) is 0 Å². The predicted octanol–water partition coefficient (Wildman–Crippen LogP) is 4.56. The van der Waals surface area contributed by atoms with E-state index in [1.807, 2.05) is 39.0 Å². The van der Waals surface area contributed by atoms with Gasteiger partial charge in [0, 0.05) is 0 Å². The molecule has 0 spiro atoms. The molecule has 3 nitrogen and oxygen atoms in total. The molecule has 128 valence electrons. The molecule has 2 aromatic rings. The summed E-state index contributed by atoms with van der Waals surface area (Å²) in [5, 5.41) is 3.02. The quantitative estimate of drug-likeness (QED) is 0.875. The third kappa shape index (κ3) is 4.38. The van der Waals surface area contributed by atoms with Gasteiger partial charge < -0.3 is 10.1 Å². The second-order valence-corrected chi connectivity index (χ2v) is 6.61. The highest BCUT2D eigenvalue weighted by atomic mass is 16.5. The molecular weight excluding hydrogens is 298 g/mol. The first kappa shape index (κ1) is 18.1. The van der Waals surface area contributed by atoms with Crippen LogP contribution in [-0.2, 0) is 4.79 Å². The van der Waals surface area contributed by atoms with E-state index in [0.29, 0.717) is 0 Å². The molecule has 0 bridgehead atoms. The summed E-state index contributed by atoms with van der Waals surface area (Å²) < 4.78 is 5.91. The van der Waals surface area contributed by atoms with Crippen LogP contribution in [0.15, 0.2) is 36.4 Å². The van der Waals surface area contributed by atoms with Crippen LogP contribution < -0.4 is 10.1 Å². The number of hydrogen-bond donors (Lipinski definition) is 1. The molecule has 0 aliphatic carbocycles. The normalized spacial score (nSPS) is 13.2. The maximum atomic E-state index is 12.4. The SMILES string of the molecule is Cc1ccc([C@H](C)NC(=O)[C@H](C)Oc2cc(C)cc(C)c2C)cc1. The maximum Gasteiger partial charge on any atom is 0.261 e. The Hall–Kier alpha value is -2.29. The van der Waals surface area contributed by atoms with Crippen LogP contribution in [0, 0.1) is 27.7 Å². The number of amides is 1. The van der Waals surface area contributed by atoms with Gasteiger partial charge in [0.05, 0.1) is 6.04 Å². The van der Waals surface area contributed by atoms with Crippen molar-refractivity contribution in [1.29, 1.82) is 0 Å². The van der Waals surface area contributed by atoms with Gasteiger partial charge in [-0.15, -0.1) is 0 Å². The molecule has 0 aromatic heterocycles. The van der Waals surface area contributed by atoms with Crippen molar-refractivity contribution in [2.24, 2.45) is 0 Å². The van der Waals surface area contributed by atoms with E-state index in [2.05, 4.69) is 37.4 Å². The van der Waals surface area contributed by atoms with Gasteiger partial charge >= 0.3 is 0 Å². The van der Waals surface area contributed by atoms with Gasteiger partial charge in [-0.3, -0.25) is 4.79 Å². The summed E-state index contributed by atoms with van der Waals surface area (Å²) in [6, 6.07) is 12.2. The highest BCUT2D eigenvalue weighted by Gasteiger charge is 2.19. The van der Waals surface area contributed by atoms with Crippen molar-refractivity contribution in [3.63, 3.8) is 0 Å². The van der Waals surface area contributed by atoms with Crippen LogP contribution in [0.25, 0.3) is 0 Å². The second kappa shape index (κ2) is 7.52. The fraction of sp³-hybridized carbons (Fsp3) is 0.381. The molecule has 0 aliphatic heterocycles. The van der Waals surface area contributed by atoms with Crippen LogP contribution in [-0.4, -0.2) is 12.0 Å². The van der Waals surface area contributed by atoms with Gasteiger partial charge in [-0.05, 0) is 69.9 Å². The van der Waals surface area contributed by atoms with E-state index in [1.54, 1.807) is 6.92 Å². The summed E-state index contributed by atoms with van der Waals surface area (Å²) in [4.78, 5) is 12.4. The summed E-state index contributed by atoms with van der Waals surface area (Å²) >= 11 is 0. The van der Waals surface area contributed by atoms with Gasteiger partial charge in [0.2, 0.25) is 0 Å². The average Bonchev–Trinajstić information content (AvgIpc) is 2.52. The highest BCUT2D eigenvalue weighted by molar-refractivity contribution is 5.81. The number of rotatable bonds is 5. The van der Waals surface area contributed by atoms with Crippen LogP contribution in [0.5, 0.6) is 5.75 Å². The zero-order valence-corrected chi connectivity index (χ0v) is 15.4. The van der Waals surface area contributed by atoms with Gasteiger partial charge in [-0.2, -0.15) is 0 Å². The number of benzene rings is 2. The second-order valence-electron chi connectivity index (χ2n) is 6.61. The van der Waals surface area contributed by atoms with Crippen molar-refractivity contribution in [2.45, 2.75) is 53.7 Å². The smallest absolute Gasteiger partial charge is 0.261 e. The number of aryl methyl sites for hydroxylation is 3. The van der Waals surface area contributed by atoms with E-state index in [-0.39, 0.29) is 11.9 Å². The Labute approximate surface area is 145 Å². The van der Waals surface area contributed by atoms with Gasteiger partial charge in [0.1, 0.15) is 5.75 Å². The number of carbonyl (C=O) groups excluding carboxylic acids is 1. The minimum atomic E-state index is -0.544. The highest BCUT2D eigenvalue weighted by Crippen LogP contribution is 2.24. The van der Waals surface area contributed by atoms with Crippen molar-refractivity contribution in [1.82, 2.24) is 5.32 Å². The van der Waals surface area contributed by atoms with E-state index in [4.69, 9.17) is 4.74 Å². The molecule has 0 saturated heterocycles. The number of nitrogens with one attached hydrogen (secondary N) is 1. The molecule has 3 heteroatoms. The van der Waals surface area contributed by atoms with E-state index >= 15 is 0 Å². The Balaban J connectivity index is 2.03. The Kier molecular flexibility index (Phi) is 5.66. The Morgan fingerprint density at radius 3 is 2.21 bits per heavy atom. The lowest BCUT2D eigenvalue weighted by Crippen LogP contribution is -2.37. The summed E-state index contributed by atoms with van der Waals surface area (Å²) in [5.74, 6) is 0.666. The molecular formula is C21H27NO2. The maximum absolute atomic E-state index is 12.4. The molecule has 1 N–H and O–H groups in total. The van der Waals surface area contributed by atoms with Crippen molar-refractivity contribution >= 4 is 5.91 Å². The van der Waals surface area contributed by atoms with E-state index in [9.17, 15) is 4.79 Å². The van der Waals surface area contributed by atoms with Gasteiger partial charge in [-0.25, -0.2) is 0 Å². The summed E-state index contributed by atoms with van der Waals surface area (Å²) in [7, 11) is 0. The van der Waals surface area contributed by atoms with E-state index in [0.717, 1.165) is 22.4 Å². The first-order valence-corrected chi connectivity index (χ1v) is 8.39. The topological polar surface area (TPSA) is 38.3 Å². The van der Waals surface area contributed by atoms with Crippen LogP contribution in [0.2, 0.25) is 0 Å². The fourth-order valence-electron chi connectivity index (χ4n) is 2.64. The van der Waals surface area contributed by atoms with E-state index < -0.39 is 6.10 Å². The molecule has 2 atom stereocenters. The molecule has 0 fully saturated rings.